The van der Waals surface area contributed by atoms with E-state index in [2.05, 4.69) is 5.32 Å². The Labute approximate surface area is 144 Å². The molecule has 0 aromatic heterocycles. The molecule has 0 aliphatic carbocycles. The lowest BCUT2D eigenvalue weighted by Crippen LogP contribution is -2.21. The van der Waals surface area contributed by atoms with E-state index in [0.29, 0.717) is 16.8 Å². The molecular weight excluding hydrogens is 329 g/mol. The Balaban J connectivity index is 1.94. The number of carbonyl (C=O) groups excluding carboxylic acids is 2. The Hall–Kier alpha value is -2.34. The molecule has 4 nitrogen and oxygen atoms in total. The highest BCUT2D eigenvalue weighted by molar-refractivity contribution is 7.99. The highest BCUT2D eigenvalue weighted by Crippen LogP contribution is 2.22. The molecule has 0 bridgehead atoms. The van der Waals surface area contributed by atoms with Crippen molar-refractivity contribution in [1.82, 2.24) is 0 Å². The molecule has 2 aromatic carbocycles. The molecule has 0 aliphatic heterocycles. The lowest BCUT2D eigenvalue weighted by molar-refractivity contribution is -0.119. The SMILES string of the molecule is CCSc1ccccc1C(=O)OCC(=O)Nc1ccc(C)c(F)c1. The molecule has 0 aliphatic rings. The average molecular weight is 347 g/mol. The fourth-order valence-corrected chi connectivity index (χ4v) is 2.79. The summed E-state index contributed by atoms with van der Waals surface area (Å²) in [5.41, 5.74) is 1.24. The van der Waals surface area contributed by atoms with E-state index in [4.69, 9.17) is 4.74 Å². The van der Waals surface area contributed by atoms with Gasteiger partial charge in [-0.1, -0.05) is 25.1 Å². The fourth-order valence-electron chi connectivity index (χ4n) is 1.99. The summed E-state index contributed by atoms with van der Waals surface area (Å²) in [4.78, 5) is 24.8. The molecule has 1 N–H and O–H groups in total. The normalized spacial score (nSPS) is 10.3. The van der Waals surface area contributed by atoms with Crippen LogP contribution >= 0.6 is 11.8 Å². The van der Waals surface area contributed by atoms with Crippen LogP contribution in [0.15, 0.2) is 47.4 Å². The molecule has 1 amide bonds. The summed E-state index contributed by atoms with van der Waals surface area (Å²) in [7, 11) is 0. The van der Waals surface area contributed by atoms with Crippen LogP contribution in [0.3, 0.4) is 0 Å². The van der Waals surface area contributed by atoms with E-state index in [1.807, 2.05) is 19.1 Å². The van der Waals surface area contributed by atoms with Crippen LogP contribution in [0.25, 0.3) is 0 Å². The van der Waals surface area contributed by atoms with E-state index in [1.54, 1.807) is 31.2 Å². The summed E-state index contributed by atoms with van der Waals surface area (Å²) in [5.74, 6) is -0.664. The largest absolute Gasteiger partial charge is 0.452 e. The molecule has 2 aromatic rings. The van der Waals surface area contributed by atoms with Crippen molar-refractivity contribution in [2.45, 2.75) is 18.7 Å². The Morgan fingerprint density at radius 2 is 1.96 bits per heavy atom. The number of benzene rings is 2. The highest BCUT2D eigenvalue weighted by Gasteiger charge is 2.14. The van der Waals surface area contributed by atoms with E-state index in [0.717, 1.165) is 10.6 Å². The topological polar surface area (TPSA) is 55.4 Å². The first-order valence-corrected chi connectivity index (χ1v) is 8.44. The average Bonchev–Trinajstić information content (AvgIpc) is 2.57. The van der Waals surface area contributed by atoms with Crippen molar-refractivity contribution >= 4 is 29.3 Å². The predicted octanol–water partition coefficient (Wildman–Crippen LogP) is 4.04. The van der Waals surface area contributed by atoms with Crippen molar-refractivity contribution in [1.29, 1.82) is 0 Å². The maximum Gasteiger partial charge on any atom is 0.339 e. The van der Waals surface area contributed by atoms with Crippen molar-refractivity contribution in [2.24, 2.45) is 0 Å². The first-order valence-electron chi connectivity index (χ1n) is 7.46. The molecule has 6 heteroatoms. The van der Waals surface area contributed by atoms with Gasteiger partial charge in [-0.25, -0.2) is 9.18 Å². The monoisotopic (exact) mass is 347 g/mol. The number of anilines is 1. The minimum absolute atomic E-state index is 0.320. The zero-order valence-electron chi connectivity index (χ0n) is 13.5. The quantitative estimate of drug-likeness (QED) is 0.633. The molecule has 0 spiro atoms. The molecule has 0 unspecified atom stereocenters. The molecule has 2 rings (SSSR count). The summed E-state index contributed by atoms with van der Waals surface area (Å²) in [5, 5.41) is 2.50. The minimum Gasteiger partial charge on any atom is -0.452 e. The standard InChI is InChI=1S/C18H18FNO3S/c1-3-24-16-7-5-4-6-14(16)18(22)23-11-17(21)20-13-9-8-12(2)15(19)10-13/h4-10H,3,11H2,1-2H3,(H,20,21). The van der Waals surface area contributed by atoms with Crippen molar-refractivity contribution < 1.29 is 18.7 Å². The smallest absolute Gasteiger partial charge is 0.339 e. The third-order valence-electron chi connectivity index (χ3n) is 3.20. The first-order chi connectivity index (χ1) is 11.5. The van der Waals surface area contributed by atoms with Crippen LogP contribution in [0.5, 0.6) is 0 Å². The van der Waals surface area contributed by atoms with Gasteiger partial charge in [0, 0.05) is 10.6 Å². The maximum absolute atomic E-state index is 13.4. The van der Waals surface area contributed by atoms with Gasteiger partial charge >= 0.3 is 5.97 Å². The summed E-state index contributed by atoms with van der Waals surface area (Å²) < 4.78 is 18.5. The molecule has 0 saturated heterocycles. The van der Waals surface area contributed by atoms with Gasteiger partial charge in [-0.05, 0) is 42.5 Å². The number of thioether (sulfide) groups is 1. The molecule has 0 fully saturated rings. The molecule has 24 heavy (non-hydrogen) atoms. The third kappa shape index (κ3) is 4.83. The lowest BCUT2D eigenvalue weighted by Gasteiger charge is -2.09. The van der Waals surface area contributed by atoms with Crippen molar-refractivity contribution in [3.63, 3.8) is 0 Å². The second kappa shape index (κ2) is 8.49. The van der Waals surface area contributed by atoms with Gasteiger partial charge < -0.3 is 10.1 Å². The van der Waals surface area contributed by atoms with Gasteiger partial charge in [-0.3, -0.25) is 4.79 Å². The van der Waals surface area contributed by atoms with Crippen LogP contribution in [-0.2, 0) is 9.53 Å². The van der Waals surface area contributed by atoms with E-state index in [9.17, 15) is 14.0 Å². The molecule has 0 radical (unpaired) electrons. The van der Waals surface area contributed by atoms with Crippen LogP contribution in [0.2, 0.25) is 0 Å². The molecular formula is C18H18FNO3S. The maximum atomic E-state index is 13.4. The molecule has 0 heterocycles. The van der Waals surface area contributed by atoms with Crippen molar-refractivity contribution in [3.05, 3.63) is 59.4 Å². The summed E-state index contributed by atoms with van der Waals surface area (Å²) in [6, 6.07) is 11.5. The number of esters is 1. The highest BCUT2D eigenvalue weighted by atomic mass is 32.2. The summed E-state index contributed by atoms with van der Waals surface area (Å²) in [6.07, 6.45) is 0. The van der Waals surface area contributed by atoms with Crippen LogP contribution < -0.4 is 5.32 Å². The minimum atomic E-state index is -0.559. The second-order valence-corrected chi connectivity index (χ2v) is 6.32. The number of halogens is 1. The number of hydrogen-bond donors (Lipinski definition) is 1. The number of amides is 1. The van der Waals surface area contributed by atoms with Crippen LogP contribution in [-0.4, -0.2) is 24.2 Å². The lowest BCUT2D eigenvalue weighted by atomic mass is 10.2. The van der Waals surface area contributed by atoms with E-state index in [1.165, 1.54) is 17.8 Å². The Kier molecular flexibility index (Phi) is 6.37. The zero-order valence-corrected chi connectivity index (χ0v) is 14.3. The summed E-state index contributed by atoms with van der Waals surface area (Å²) in [6.45, 7) is 3.19. The number of aryl methyl sites for hydroxylation is 1. The van der Waals surface area contributed by atoms with Gasteiger partial charge in [0.1, 0.15) is 5.82 Å². The Morgan fingerprint density at radius 1 is 1.21 bits per heavy atom. The van der Waals surface area contributed by atoms with Crippen molar-refractivity contribution in [3.8, 4) is 0 Å². The van der Waals surface area contributed by atoms with Gasteiger partial charge in [0.25, 0.3) is 5.91 Å². The second-order valence-electron chi connectivity index (χ2n) is 5.02. The van der Waals surface area contributed by atoms with Crippen LogP contribution in [0.1, 0.15) is 22.8 Å². The van der Waals surface area contributed by atoms with Gasteiger partial charge in [-0.15, -0.1) is 11.8 Å². The number of carbonyl (C=O) groups is 2. The number of rotatable bonds is 6. The van der Waals surface area contributed by atoms with Crippen LogP contribution in [0, 0.1) is 12.7 Å². The van der Waals surface area contributed by atoms with Gasteiger partial charge in [0.15, 0.2) is 6.61 Å². The predicted molar refractivity (Wildman–Crippen MR) is 92.9 cm³/mol. The van der Waals surface area contributed by atoms with Crippen molar-refractivity contribution in [2.75, 3.05) is 17.7 Å². The fraction of sp³-hybridized carbons (Fsp3) is 0.222. The van der Waals surface area contributed by atoms with Gasteiger partial charge in [0.05, 0.1) is 5.56 Å². The number of nitrogens with one attached hydrogen (secondary N) is 1. The zero-order chi connectivity index (χ0) is 17.5. The molecule has 0 saturated carbocycles. The van der Waals surface area contributed by atoms with E-state index >= 15 is 0 Å². The molecule has 0 atom stereocenters. The Morgan fingerprint density at radius 3 is 2.67 bits per heavy atom. The Bertz CT molecular complexity index is 749. The molecule has 126 valence electrons. The van der Waals surface area contributed by atoms with Gasteiger partial charge in [0.2, 0.25) is 0 Å². The summed E-state index contributed by atoms with van der Waals surface area (Å²) >= 11 is 1.53. The van der Waals surface area contributed by atoms with E-state index in [-0.39, 0.29) is 0 Å². The number of hydrogen-bond acceptors (Lipinski definition) is 4. The van der Waals surface area contributed by atoms with E-state index < -0.39 is 24.3 Å². The first kappa shape index (κ1) is 18.0. The van der Waals surface area contributed by atoms with Crippen LogP contribution in [0.4, 0.5) is 10.1 Å². The third-order valence-corrected chi connectivity index (χ3v) is 4.15. The van der Waals surface area contributed by atoms with Gasteiger partial charge in [-0.2, -0.15) is 0 Å². The number of ether oxygens (including phenoxy) is 1.